The van der Waals surface area contributed by atoms with E-state index in [0.717, 1.165) is 11.1 Å². The third-order valence-electron chi connectivity index (χ3n) is 10.8. The second-order valence-corrected chi connectivity index (χ2v) is 15.3. The molecule has 292 valence electrons. The Kier molecular flexibility index (Phi) is 13.7. The van der Waals surface area contributed by atoms with Crippen molar-refractivity contribution in [3.63, 3.8) is 0 Å². The number of carbonyl (C=O) groups excluding carboxylic acids is 6. The second-order valence-electron chi connectivity index (χ2n) is 15.3. The van der Waals surface area contributed by atoms with E-state index in [1.807, 2.05) is 88.4 Å². The highest BCUT2D eigenvalue weighted by molar-refractivity contribution is 5.97. The maximum atomic E-state index is 14.4. The number of carbonyl (C=O) groups is 6. The molecule has 3 saturated heterocycles. The van der Waals surface area contributed by atoms with Gasteiger partial charge in [0.15, 0.2) is 0 Å². The third kappa shape index (κ3) is 9.40. The van der Waals surface area contributed by atoms with Gasteiger partial charge in [0.1, 0.15) is 36.8 Å². The Balaban J connectivity index is 1.23. The molecule has 0 saturated carbocycles. The summed E-state index contributed by atoms with van der Waals surface area (Å²) in [5.41, 5.74) is 1.80. The van der Waals surface area contributed by atoms with E-state index in [0.29, 0.717) is 64.7 Å². The molecular weight excluding hydrogens is 688 g/mol. The number of likely N-dealkylation sites (tertiary alicyclic amines) is 3. The fraction of sp³-hybridized carbons (Fsp3) is 0.561. The van der Waals surface area contributed by atoms with Crippen LogP contribution in [-0.4, -0.2) is 112 Å². The lowest BCUT2D eigenvalue weighted by molar-refractivity contribution is -0.153. The lowest BCUT2D eigenvalue weighted by Crippen LogP contribution is -2.61. The van der Waals surface area contributed by atoms with Crippen molar-refractivity contribution in [1.82, 2.24) is 30.2 Å². The van der Waals surface area contributed by atoms with Crippen LogP contribution in [0.1, 0.15) is 77.3 Å². The van der Waals surface area contributed by atoms with Crippen LogP contribution in [0.2, 0.25) is 0 Å². The summed E-state index contributed by atoms with van der Waals surface area (Å²) in [6, 6.07) is 14.9. The Morgan fingerprint density at radius 2 is 1.24 bits per heavy atom. The molecule has 13 heteroatoms. The number of benzene rings is 2. The molecule has 0 aromatic heterocycles. The van der Waals surface area contributed by atoms with Gasteiger partial charge < -0.3 is 30.1 Å². The highest BCUT2D eigenvalue weighted by Crippen LogP contribution is 2.28. The second kappa shape index (κ2) is 18.4. The van der Waals surface area contributed by atoms with E-state index in [2.05, 4.69) is 10.6 Å². The van der Waals surface area contributed by atoms with Crippen LogP contribution < -0.4 is 10.6 Å². The number of amides is 6. The topological polar surface area (TPSA) is 149 Å². The largest absolute Gasteiger partial charge is 0.445 e. The molecule has 3 fully saturated rings. The number of nitrogens with zero attached hydrogens (tertiary/aromatic N) is 4. The molecule has 54 heavy (non-hydrogen) atoms. The zero-order chi connectivity index (χ0) is 38.9. The van der Waals surface area contributed by atoms with Crippen LogP contribution in [0.3, 0.4) is 0 Å². The van der Waals surface area contributed by atoms with Gasteiger partial charge in [-0.05, 0) is 61.5 Å². The fourth-order valence-electron chi connectivity index (χ4n) is 7.93. The normalized spacial score (nSPS) is 20.9. The quantitative estimate of drug-likeness (QED) is 0.318. The molecule has 13 nitrogen and oxygen atoms in total. The maximum Gasteiger partial charge on any atom is 0.410 e. The van der Waals surface area contributed by atoms with Gasteiger partial charge in [0.25, 0.3) is 0 Å². The molecule has 3 heterocycles. The van der Waals surface area contributed by atoms with Gasteiger partial charge in [0.05, 0.1) is 0 Å². The first kappa shape index (κ1) is 40.2. The Bertz CT molecular complexity index is 1640. The Hall–Kier alpha value is -4.94. The minimum Gasteiger partial charge on any atom is -0.445 e. The zero-order valence-electron chi connectivity index (χ0n) is 32.2. The van der Waals surface area contributed by atoms with Crippen LogP contribution in [0.5, 0.6) is 0 Å². The van der Waals surface area contributed by atoms with Gasteiger partial charge in [0, 0.05) is 33.2 Å². The van der Waals surface area contributed by atoms with Crippen LogP contribution in [0.15, 0.2) is 60.7 Å². The monoisotopic (exact) mass is 744 g/mol. The van der Waals surface area contributed by atoms with Gasteiger partial charge in [-0.2, -0.15) is 0 Å². The maximum absolute atomic E-state index is 14.4. The summed E-state index contributed by atoms with van der Waals surface area (Å²) >= 11 is 0. The Morgan fingerprint density at radius 3 is 1.83 bits per heavy atom. The summed E-state index contributed by atoms with van der Waals surface area (Å²) in [5.74, 6) is -2.30. The summed E-state index contributed by atoms with van der Waals surface area (Å²) < 4.78 is 5.51. The molecular formula is C41H56N6O7. The van der Waals surface area contributed by atoms with Crippen LogP contribution in [0, 0.1) is 11.8 Å². The van der Waals surface area contributed by atoms with Crippen molar-refractivity contribution in [1.29, 1.82) is 0 Å². The van der Waals surface area contributed by atoms with Gasteiger partial charge in [0.2, 0.25) is 29.5 Å². The van der Waals surface area contributed by atoms with Crippen molar-refractivity contribution in [2.75, 3.05) is 26.7 Å². The zero-order valence-corrected chi connectivity index (χ0v) is 32.2. The molecule has 2 aromatic carbocycles. The Labute approximate surface area is 318 Å². The minimum atomic E-state index is -0.963. The van der Waals surface area contributed by atoms with Gasteiger partial charge >= 0.3 is 6.09 Å². The number of nitrogens with one attached hydrogen (secondary N) is 2. The van der Waals surface area contributed by atoms with Crippen molar-refractivity contribution in [3.05, 3.63) is 71.8 Å². The van der Waals surface area contributed by atoms with Crippen molar-refractivity contribution in [3.8, 4) is 0 Å². The van der Waals surface area contributed by atoms with Crippen molar-refractivity contribution < 1.29 is 33.5 Å². The molecule has 0 bridgehead atoms. The molecule has 2 N–H and O–H groups in total. The molecule has 5 rings (SSSR count). The van der Waals surface area contributed by atoms with Crippen LogP contribution in [-0.2, 0) is 41.9 Å². The van der Waals surface area contributed by atoms with E-state index >= 15 is 0 Å². The Morgan fingerprint density at radius 1 is 0.704 bits per heavy atom. The minimum absolute atomic E-state index is 0.0825. The van der Waals surface area contributed by atoms with Crippen molar-refractivity contribution >= 4 is 35.6 Å². The lowest BCUT2D eigenvalue weighted by Gasteiger charge is -2.38. The number of hydrogen-bond donors (Lipinski definition) is 2. The molecule has 0 spiro atoms. The lowest BCUT2D eigenvalue weighted by atomic mass is 9.97. The summed E-state index contributed by atoms with van der Waals surface area (Å²) in [5, 5.41) is 5.87. The highest BCUT2D eigenvalue weighted by atomic mass is 16.6. The van der Waals surface area contributed by atoms with Crippen LogP contribution in [0.4, 0.5) is 4.79 Å². The fourth-order valence-corrected chi connectivity index (χ4v) is 7.93. The summed E-state index contributed by atoms with van der Waals surface area (Å²) in [4.78, 5) is 88.6. The van der Waals surface area contributed by atoms with Gasteiger partial charge in [-0.3, -0.25) is 28.9 Å². The predicted molar refractivity (Wildman–Crippen MR) is 202 cm³/mol. The molecule has 6 amide bonds. The van der Waals surface area contributed by atoms with Gasteiger partial charge in [-0.25, -0.2) is 4.79 Å². The third-order valence-corrected chi connectivity index (χ3v) is 10.8. The number of ether oxygens (including phenoxy) is 1. The first-order chi connectivity index (χ1) is 25.9. The molecule has 0 unspecified atom stereocenters. The first-order valence-corrected chi connectivity index (χ1v) is 19.4. The number of likely N-dealkylation sites (N-methyl/N-ethyl adjacent to an activating group) is 1. The molecule has 3 aliphatic heterocycles. The number of hydrogen-bond acceptors (Lipinski definition) is 7. The molecule has 3 aliphatic rings. The summed E-state index contributed by atoms with van der Waals surface area (Å²) in [7, 11) is 1.57. The van der Waals surface area contributed by atoms with E-state index in [1.54, 1.807) is 16.8 Å². The van der Waals surface area contributed by atoms with E-state index in [9.17, 15) is 28.8 Å². The summed E-state index contributed by atoms with van der Waals surface area (Å²) in [6.45, 7) is 8.96. The standard InChI is InChI=1S/C41H56N6O7/c1-27(2)34(43-37(49)32-20-13-24-47(32)41(53)54-26-30-17-10-7-11-18-30)39(51)44(5)35(28(3)4)40(52)46-23-14-21-33(46)38(50)45-22-12-19-31(45)36(48)42-25-29-15-8-6-9-16-29/h6-11,15-18,27-28,31-35H,12-14,19-26H2,1-5H3,(H,42,48)(H,43,49)/t31-,32+,33-,34-,35-/m0/s1. The van der Waals surface area contributed by atoms with E-state index in [4.69, 9.17) is 4.74 Å². The first-order valence-electron chi connectivity index (χ1n) is 19.4. The van der Waals surface area contributed by atoms with Crippen LogP contribution in [0.25, 0.3) is 0 Å². The SMILES string of the molecule is CC(C)[C@H](NC(=O)[C@H]1CCCN1C(=O)OCc1ccccc1)C(=O)N(C)[C@H](C(=O)N1CCC[C@H]1C(=O)N1CCC[C@H]1C(=O)NCc1ccccc1)C(C)C. The average molecular weight is 745 g/mol. The van der Waals surface area contributed by atoms with E-state index < -0.39 is 48.1 Å². The van der Waals surface area contributed by atoms with E-state index in [1.165, 1.54) is 9.80 Å². The molecule has 5 atom stereocenters. The molecule has 0 aliphatic carbocycles. The predicted octanol–water partition coefficient (Wildman–Crippen LogP) is 3.71. The van der Waals surface area contributed by atoms with Gasteiger partial charge in [-0.15, -0.1) is 0 Å². The van der Waals surface area contributed by atoms with Crippen molar-refractivity contribution in [2.24, 2.45) is 11.8 Å². The highest BCUT2D eigenvalue weighted by Gasteiger charge is 2.46. The van der Waals surface area contributed by atoms with Gasteiger partial charge in [-0.1, -0.05) is 88.4 Å². The smallest absolute Gasteiger partial charge is 0.410 e. The van der Waals surface area contributed by atoms with Crippen LogP contribution >= 0.6 is 0 Å². The summed E-state index contributed by atoms with van der Waals surface area (Å²) in [6.07, 6.45) is 2.80. The molecule has 2 aromatic rings. The average Bonchev–Trinajstić information content (AvgIpc) is 3.97. The number of rotatable bonds is 13. The van der Waals surface area contributed by atoms with Crippen molar-refractivity contribution in [2.45, 2.75) is 110 Å². The van der Waals surface area contributed by atoms with E-state index in [-0.39, 0.29) is 36.2 Å². The molecule has 0 radical (unpaired) electrons.